The summed E-state index contributed by atoms with van der Waals surface area (Å²) in [4.78, 5) is 18.3. The van der Waals surface area contributed by atoms with Crippen molar-refractivity contribution in [1.82, 2.24) is 9.36 Å². The molecule has 1 N–H and O–H groups in total. The molecule has 2 rings (SSSR count). The Hall–Kier alpha value is -1.47. The van der Waals surface area contributed by atoms with Gasteiger partial charge in [0.05, 0.1) is 12.2 Å². The maximum atomic E-state index is 12.1. The number of aromatic nitrogens is 2. The molecule has 0 atom stereocenters. The van der Waals surface area contributed by atoms with Crippen LogP contribution in [-0.4, -0.2) is 28.9 Å². The fourth-order valence-corrected chi connectivity index (χ4v) is 2.80. The molecule has 0 aliphatic heterocycles. The largest absolute Gasteiger partial charge is 0.341 e. The third-order valence-corrected chi connectivity index (χ3v) is 4.34. The van der Waals surface area contributed by atoms with Crippen molar-refractivity contribution >= 4 is 44.2 Å². The second kappa shape index (κ2) is 7.00. The van der Waals surface area contributed by atoms with E-state index in [0.29, 0.717) is 0 Å². The predicted octanol–water partition coefficient (Wildman–Crippen LogP) is 3.50. The van der Waals surface area contributed by atoms with Crippen molar-refractivity contribution in [3.8, 4) is 0 Å². The van der Waals surface area contributed by atoms with Crippen molar-refractivity contribution in [3.63, 3.8) is 0 Å². The summed E-state index contributed by atoms with van der Waals surface area (Å²) in [5.74, 6) is 1.01. The van der Waals surface area contributed by atoms with Crippen LogP contribution in [0, 0.1) is 0 Å². The van der Waals surface area contributed by atoms with Gasteiger partial charge in [0.1, 0.15) is 5.82 Å². The molecule has 21 heavy (non-hydrogen) atoms. The summed E-state index contributed by atoms with van der Waals surface area (Å²) in [6, 6.07) is 7.52. The zero-order chi connectivity index (χ0) is 15.4. The van der Waals surface area contributed by atoms with Crippen LogP contribution in [0.1, 0.15) is 25.6 Å². The first-order valence-electron chi connectivity index (χ1n) is 6.56. The van der Waals surface area contributed by atoms with E-state index in [9.17, 15) is 4.79 Å². The van der Waals surface area contributed by atoms with Crippen molar-refractivity contribution in [2.24, 2.45) is 0 Å². The van der Waals surface area contributed by atoms with Gasteiger partial charge < -0.3 is 10.2 Å². The van der Waals surface area contributed by atoms with Gasteiger partial charge >= 0.3 is 0 Å². The van der Waals surface area contributed by atoms with Crippen molar-refractivity contribution in [2.75, 3.05) is 23.8 Å². The van der Waals surface area contributed by atoms with Gasteiger partial charge in [0, 0.05) is 29.0 Å². The molecule has 0 bridgehead atoms. The lowest BCUT2D eigenvalue weighted by atomic mass is 10.2. The van der Waals surface area contributed by atoms with E-state index in [4.69, 9.17) is 0 Å². The molecule has 1 aromatic carbocycles. The topological polar surface area (TPSA) is 58.1 Å². The highest BCUT2D eigenvalue weighted by molar-refractivity contribution is 9.10. The first kappa shape index (κ1) is 15.9. The Balaban J connectivity index is 1.97. The van der Waals surface area contributed by atoms with Crippen LogP contribution in [0.3, 0.4) is 0 Å². The lowest BCUT2D eigenvalue weighted by Gasteiger charge is -2.15. The molecule has 1 heterocycles. The van der Waals surface area contributed by atoms with E-state index in [1.807, 2.05) is 45.2 Å². The molecule has 7 heteroatoms. The maximum Gasteiger partial charge on any atom is 0.243 e. The number of amides is 1. The third-order valence-electron chi connectivity index (χ3n) is 2.80. The Kier molecular flexibility index (Phi) is 5.30. The molecule has 112 valence electrons. The number of nitrogens with one attached hydrogen (secondary N) is 1. The summed E-state index contributed by atoms with van der Waals surface area (Å²) >= 11 is 4.72. The molecule has 0 saturated carbocycles. The minimum absolute atomic E-state index is 0.0919. The van der Waals surface area contributed by atoms with Gasteiger partial charge in [-0.1, -0.05) is 26.0 Å². The Morgan fingerprint density at radius 1 is 1.43 bits per heavy atom. The van der Waals surface area contributed by atoms with Crippen LogP contribution in [0.25, 0.3) is 0 Å². The van der Waals surface area contributed by atoms with Crippen molar-refractivity contribution < 1.29 is 4.79 Å². The SMILES string of the molecule is CC(C)c1nsc(N(C)CC(=O)Nc2ccccc2Br)n1. The zero-order valence-corrected chi connectivity index (χ0v) is 14.5. The number of hydrogen-bond acceptors (Lipinski definition) is 5. The summed E-state index contributed by atoms with van der Waals surface area (Å²) in [5, 5.41) is 3.62. The van der Waals surface area contributed by atoms with Gasteiger partial charge in [0.25, 0.3) is 0 Å². The number of rotatable bonds is 5. The number of carbonyl (C=O) groups is 1. The number of carbonyl (C=O) groups excluding carboxylic acids is 1. The number of hydrogen-bond donors (Lipinski definition) is 1. The van der Waals surface area contributed by atoms with Gasteiger partial charge in [-0.15, -0.1) is 0 Å². The lowest BCUT2D eigenvalue weighted by Crippen LogP contribution is -2.30. The van der Waals surface area contributed by atoms with Gasteiger partial charge in [-0.25, -0.2) is 4.98 Å². The standard InChI is InChI=1S/C14H17BrN4OS/c1-9(2)13-17-14(21-18-13)19(3)8-12(20)16-11-7-5-4-6-10(11)15/h4-7,9H,8H2,1-3H3,(H,16,20). The highest BCUT2D eigenvalue weighted by Crippen LogP contribution is 2.22. The van der Waals surface area contributed by atoms with Gasteiger partial charge in [-0.05, 0) is 28.1 Å². The molecule has 0 spiro atoms. The van der Waals surface area contributed by atoms with Gasteiger partial charge in [-0.3, -0.25) is 4.79 Å². The molecule has 0 aliphatic rings. The number of halogens is 1. The van der Waals surface area contributed by atoms with Crippen LogP contribution in [-0.2, 0) is 4.79 Å². The number of benzene rings is 1. The Morgan fingerprint density at radius 3 is 2.76 bits per heavy atom. The molecule has 0 unspecified atom stereocenters. The van der Waals surface area contributed by atoms with Gasteiger partial charge in [-0.2, -0.15) is 4.37 Å². The van der Waals surface area contributed by atoms with E-state index in [0.717, 1.165) is 21.1 Å². The fraction of sp³-hybridized carbons (Fsp3) is 0.357. The molecule has 2 aromatic rings. The molecule has 0 saturated heterocycles. The molecule has 1 amide bonds. The third kappa shape index (κ3) is 4.25. The van der Waals surface area contributed by atoms with Gasteiger partial charge in [0.15, 0.2) is 0 Å². The Labute approximate surface area is 136 Å². The summed E-state index contributed by atoms with van der Waals surface area (Å²) in [5.41, 5.74) is 0.760. The van der Waals surface area contributed by atoms with Crippen molar-refractivity contribution in [3.05, 3.63) is 34.6 Å². The normalized spacial score (nSPS) is 10.7. The summed E-state index contributed by atoms with van der Waals surface area (Å²) in [6.45, 7) is 4.32. The van der Waals surface area contributed by atoms with E-state index in [2.05, 4.69) is 30.6 Å². The van der Waals surface area contributed by atoms with Crippen LogP contribution in [0.4, 0.5) is 10.8 Å². The number of nitrogens with zero attached hydrogens (tertiary/aromatic N) is 3. The number of anilines is 2. The summed E-state index contributed by atoms with van der Waals surface area (Å²) in [7, 11) is 1.84. The maximum absolute atomic E-state index is 12.1. The molecule has 0 fully saturated rings. The van der Waals surface area contributed by atoms with Crippen molar-refractivity contribution in [2.45, 2.75) is 19.8 Å². The molecule has 5 nitrogen and oxygen atoms in total. The van der Waals surface area contributed by atoms with Gasteiger partial charge in [0.2, 0.25) is 11.0 Å². The second-order valence-electron chi connectivity index (χ2n) is 4.97. The van der Waals surface area contributed by atoms with Crippen LogP contribution in [0.2, 0.25) is 0 Å². The van der Waals surface area contributed by atoms with E-state index >= 15 is 0 Å². The molecule has 1 aromatic heterocycles. The zero-order valence-electron chi connectivity index (χ0n) is 12.1. The minimum atomic E-state index is -0.0919. The van der Waals surface area contributed by atoms with Crippen LogP contribution in [0.15, 0.2) is 28.7 Å². The number of likely N-dealkylation sites (N-methyl/N-ethyl adjacent to an activating group) is 1. The average Bonchev–Trinajstić information content (AvgIpc) is 2.91. The Morgan fingerprint density at radius 2 is 2.14 bits per heavy atom. The smallest absolute Gasteiger partial charge is 0.243 e. The quantitative estimate of drug-likeness (QED) is 0.877. The van der Waals surface area contributed by atoms with E-state index < -0.39 is 0 Å². The van der Waals surface area contributed by atoms with Crippen LogP contribution in [0.5, 0.6) is 0 Å². The summed E-state index contributed by atoms with van der Waals surface area (Å²) in [6.07, 6.45) is 0. The van der Waals surface area contributed by atoms with Crippen LogP contribution >= 0.6 is 27.5 Å². The molecule has 0 radical (unpaired) electrons. The van der Waals surface area contributed by atoms with E-state index in [-0.39, 0.29) is 18.4 Å². The van der Waals surface area contributed by atoms with E-state index in [1.54, 1.807) is 4.90 Å². The molecular weight excluding hydrogens is 352 g/mol. The second-order valence-corrected chi connectivity index (χ2v) is 6.56. The predicted molar refractivity (Wildman–Crippen MR) is 90.0 cm³/mol. The first-order chi connectivity index (χ1) is 9.97. The van der Waals surface area contributed by atoms with Crippen molar-refractivity contribution in [1.29, 1.82) is 0 Å². The number of para-hydroxylation sites is 1. The fourth-order valence-electron chi connectivity index (χ4n) is 1.65. The molecular formula is C14H17BrN4OS. The first-order valence-corrected chi connectivity index (χ1v) is 8.13. The van der Waals surface area contributed by atoms with E-state index in [1.165, 1.54) is 11.5 Å². The monoisotopic (exact) mass is 368 g/mol. The molecule has 0 aliphatic carbocycles. The van der Waals surface area contributed by atoms with Crippen LogP contribution < -0.4 is 10.2 Å². The lowest BCUT2D eigenvalue weighted by molar-refractivity contribution is -0.114. The highest BCUT2D eigenvalue weighted by atomic mass is 79.9. The Bertz CT molecular complexity index is 629. The average molecular weight is 369 g/mol. The highest BCUT2D eigenvalue weighted by Gasteiger charge is 2.14. The minimum Gasteiger partial charge on any atom is -0.341 e. The summed E-state index contributed by atoms with van der Waals surface area (Å²) < 4.78 is 5.15.